The van der Waals surface area contributed by atoms with Crippen LogP contribution in [-0.2, 0) is 0 Å². The van der Waals surface area contributed by atoms with E-state index in [2.05, 4.69) is 34.2 Å². The van der Waals surface area contributed by atoms with Crippen molar-refractivity contribution >= 4 is 16.9 Å². The molecule has 3 rings (SSSR count). The highest BCUT2D eigenvalue weighted by Crippen LogP contribution is 2.22. The average Bonchev–Trinajstić information content (AvgIpc) is 2.93. The van der Waals surface area contributed by atoms with Gasteiger partial charge >= 0.3 is 0 Å². The van der Waals surface area contributed by atoms with Crippen molar-refractivity contribution in [2.45, 2.75) is 32.7 Å². The Morgan fingerprint density at radius 1 is 1.19 bits per heavy atom. The fourth-order valence-corrected chi connectivity index (χ4v) is 2.46. The van der Waals surface area contributed by atoms with E-state index < -0.39 is 0 Å². The summed E-state index contributed by atoms with van der Waals surface area (Å²) in [5, 5.41) is 8.85. The van der Waals surface area contributed by atoms with E-state index in [-0.39, 0.29) is 0 Å². The first-order valence-corrected chi connectivity index (χ1v) is 7.30. The first-order chi connectivity index (χ1) is 10.3. The van der Waals surface area contributed by atoms with E-state index in [4.69, 9.17) is 0 Å². The highest BCUT2D eigenvalue weighted by Gasteiger charge is 2.12. The number of nitrogens with one attached hydrogen (secondary N) is 1. The summed E-state index contributed by atoms with van der Waals surface area (Å²) in [4.78, 5) is 8.74. The van der Waals surface area contributed by atoms with Gasteiger partial charge in [-0.15, -0.1) is 0 Å². The van der Waals surface area contributed by atoms with Crippen LogP contribution in [0.4, 0.5) is 5.82 Å². The monoisotopic (exact) mass is 281 g/mol. The Labute approximate surface area is 124 Å². The van der Waals surface area contributed by atoms with E-state index >= 15 is 0 Å². The lowest BCUT2D eigenvalue weighted by atomic mass is 10.2. The van der Waals surface area contributed by atoms with Crippen LogP contribution >= 0.6 is 0 Å². The van der Waals surface area contributed by atoms with E-state index in [1.807, 2.05) is 41.2 Å². The second-order valence-corrected chi connectivity index (χ2v) is 5.19. The average molecular weight is 281 g/mol. The van der Waals surface area contributed by atoms with Crippen LogP contribution in [0.25, 0.3) is 16.7 Å². The summed E-state index contributed by atoms with van der Waals surface area (Å²) in [6, 6.07) is 10.4. The van der Waals surface area contributed by atoms with Crippen molar-refractivity contribution in [3.63, 3.8) is 0 Å². The molecular formula is C16H19N5. The minimum absolute atomic E-state index is 0.383. The van der Waals surface area contributed by atoms with Gasteiger partial charge in [0, 0.05) is 6.04 Å². The molecule has 1 aromatic carbocycles. The highest BCUT2D eigenvalue weighted by atomic mass is 15.3. The molecule has 0 saturated heterocycles. The van der Waals surface area contributed by atoms with Gasteiger partial charge in [0.05, 0.1) is 17.3 Å². The molecule has 0 bridgehead atoms. The number of benzene rings is 1. The van der Waals surface area contributed by atoms with Gasteiger partial charge in [-0.05, 0) is 25.5 Å². The lowest BCUT2D eigenvalue weighted by Crippen LogP contribution is -2.15. The fraction of sp³-hybridized carbons (Fsp3) is 0.312. The SMILES string of the molecule is CCCC(C)Nc1ncnc2c1cnn2-c1ccccc1. The minimum Gasteiger partial charge on any atom is -0.367 e. The van der Waals surface area contributed by atoms with Gasteiger partial charge in [-0.2, -0.15) is 5.10 Å². The topological polar surface area (TPSA) is 55.6 Å². The molecule has 0 aliphatic heterocycles. The van der Waals surface area contributed by atoms with E-state index in [9.17, 15) is 0 Å². The summed E-state index contributed by atoms with van der Waals surface area (Å²) in [5.41, 5.74) is 1.82. The molecule has 1 N–H and O–H groups in total. The standard InChI is InChI=1S/C16H19N5/c1-3-7-12(2)20-15-14-10-19-21(16(14)18-11-17-15)13-8-5-4-6-9-13/h4-6,8-12H,3,7H2,1-2H3,(H,17,18,20). The van der Waals surface area contributed by atoms with Crippen molar-refractivity contribution < 1.29 is 0 Å². The predicted octanol–water partition coefficient (Wildman–Crippen LogP) is 3.42. The molecule has 0 spiro atoms. The van der Waals surface area contributed by atoms with Crippen molar-refractivity contribution in [3.05, 3.63) is 42.9 Å². The van der Waals surface area contributed by atoms with Gasteiger partial charge < -0.3 is 5.32 Å². The summed E-state index contributed by atoms with van der Waals surface area (Å²) < 4.78 is 1.84. The third-order valence-electron chi connectivity index (χ3n) is 3.47. The van der Waals surface area contributed by atoms with Crippen molar-refractivity contribution in [1.29, 1.82) is 0 Å². The van der Waals surface area contributed by atoms with Gasteiger partial charge in [0.15, 0.2) is 5.65 Å². The van der Waals surface area contributed by atoms with Gasteiger partial charge in [0.2, 0.25) is 0 Å². The molecule has 5 heteroatoms. The molecule has 0 aliphatic rings. The number of nitrogens with zero attached hydrogens (tertiary/aromatic N) is 4. The molecule has 0 saturated carbocycles. The van der Waals surface area contributed by atoms with E-state index in [0.29, 0.717) is 6.04 Å². The zero-order chi connectivity index (χ0) is 14.7. The molecule has 0 radical (unpaired) electrons. The van der Waals surface area contributed by atoms with Crippen LogP contribution in [0.5, 0.6) is 0 Å². The maximum atomic E-state index is 4.45. The Bertz CT molecular complexity index is 720. The maximum Gasteiger partial charge on any atom is 0.168 e. The number of para-hydroxylation sites is 1. The summed E-state index contributed by atoms with van der Waals surface area (Å²) in [5.74, 6) is 0.850. The Morgan fingerprint density at radius 2 is 2.00 bits per heavy atom. The van der Waals surface area contributed by atoms with E-state index in [1.165, 1.54) is 0 Å². The Balaban J connectivity index is 2.00. The van der Waals surface area contributed by atoms with Crippen LogP contribution in [-0.4, -0.2) is 25.8 Å². The molecule has 0 fully saturated rings. The molecule has 2 aromatic heterocycles. The van der Waals surface area contributed by atoms with Crippen molar-refractivity contribution in [2.75, 3.05) is 5.32 Å². The van der Waals surface area contributed by atoms with Crippen LogP contribution < -0.4 is 5.32 Å². The third kappa shape index (κ3) is 2.72. The largest absolute Gasteiger partial charge is 0.367 e. The normalized spacial score (nSPS) is 12.5. The quantitative estimate of drug-likeness (QED) is 0.778. The summed E-state index contributed by atoms with van der Waals surface area (Å²) in [6.07, 6.45) is 5.66. The number of anilines is 1. The number of fused-ring (bicyclic) bond motifs is 1. The molecule has 3 aromatic rings. The lowest BCUT2D eigenvalue weighted by Gasteiger charge is -2.13. The first-order valence-electron chi connectivity index (χ1n) is 7.30. The van der Waals surface area contributed by atoms with Crippen LogP contribution in [0.15, 0.2) is 42.9 Å². The van der Waals surface area contributed by atoms with Crippen LogP contribution in [0, 0.1) is 0 Å². The third-order valence-corrected chi connectivity index (χ3v) is 3.47. The van der Waals surface area contributed by atoms with Crippen molar-refractivity contribution in [3.8, 4) is 5.69 Å². The van der Waals surface area contributed by atoms with E-state index in [1.54, 1.807) is 6.33 Å². The molecule has 0 amide bonds. The van der Waals surface area contributed by atoms with Crippen molar-refractivity contribution in [2.24, 2.45) is 0 Å². The second-order valence-electron chi connectivity index (χ2n) is 5.19. The summed E-state index contributed by atoms with van der Waals surface area (Å²) in [6.45, 7) is 4.35. The molecule has 1 unspecified atom stereocenters. The Hall–Kier alpha value is -2.43. The Kier molecular flexibility index (Phi) is 3.81. The van der Waals surface area contributed by atoms with Gasteiger partial charge in [-0.3, -0.25) is 0 Å². The van der Waals surface area contributed by atoms with Crippen LogP contribution in [0.1, 0.15) is 26.7 Å². The van der Waals surface area contributed by atoms with Crippen LogP contribution in [0.3, 0.4) is 0 Å². The molecule has 2 heterocycles. The smallest absolute Gasteiger partial charge is 0.168 e. The maximum absolute atomic E-state index is 4.45. The molecule has 0 aliphatic carbocycles. The lowest BCUT2D eigenvalue weighted by molar-refractivity contribution is 0.688. The summed E-state index contributed by atoms with van der Waals surface area (Å²) >= 11 is 0. The number of aromatic nitrogens is 4. The first kappa shape index (κ1) is 13.5. The number of rotatable bonds is 5. The molecule has 21 heavy (non-hydrogen) atoms. The van der Waals surface area contributed by atoms with Gasteiger partial charge in [-0.1, -0.05) is 31.5 Å². The number of hydrogen-bond acceptors (Lipinski definition) is 4. The van der Waals surface area contributed by atoms with Gasteiger partial charge in [-0.25, -0.2) is 14.6 Å². The van der Waals surface area contributed by atoms with Crippen molar-refractivity contribution in [1.82, 2.24) is 19.7 Å². The summed E-state index contributed by atoms with van der Waals surface area (Å²) in [7, 11) is 0. The zero-order valence-corrected chi connectivity index (χ0v) is 12.3. The predicted molar refractivity (Wildman–Crippen MR) is 84.7 cm³/mol. The molecule has 108 valence electrons. The zero-order valence-electron chi connectivity index (χ0n) is 12.3. The number of hydrogen-bond donors (Lipinski definition) is 1. The molecule has 5 nitrogen and oxygen atoms in total. The van der Waals surface area contributed by atoms with Gasteiger partial charge in [0.1, 0.15) is 12.1 Å². The molecular weight excluding hydrogens is 262 g/mol. The fourth-order valence-electron chi connectivity index (χ4n) is 2.46. The minimum atomic E-state index is 0.383. The highest BCUT2D eigenvalue weighted by molar-refractivity contribution is 5.87. The molecule has 1 atom stereocenters. The second kappa shape index (κ2) is 5.91. The van der Waals surface area contributed by atoms with E-state index in [0.717, 1.165) is 35.4 Å². The van der Waals surface area contributed by atoms with Crippen LogP contribution in [0.2, 0.25) is 0 Å². The van der Waals surface area contributed by atoms with Gasteiger partial charge in [0.25, 0.3) is 0 Å². The Morgan fingerprint density at radius 3 is 2.76 bits per heavy atom.